The van der Waals surface area contributed by atoms with Gasteiger partial charge in [-0.3, -0.25) is 4.79 Å². The molecule has 5 heteroatoms. The van der Waals surface area contributed by atoms with Crippen LogP contribution in [0.2, 0.25) is 0 Å². The van der Waals surface area contributed by atoms with Gasteiger partial charge in [-0.1, -0.05) is 12.1 Å². The van der Waals surface area contributed by atoms with Crippen LogP contribution in [0.25, 0.3) is 10.2 Å². The number of benzene rings is 1. The Morgan fingerprint density at radius 2 is 2.14 bits per heavy atom. The second kappa shape index (κ2) is 7.00. The smallest absolute Gasteiger partial charge is 0.220 e. The fourth-order valence-corrected chi connectivity index (χ4v) is 3.72. The molecule has 0 spiro atoms. The van der Waals surface area contributed by atoms with Crippen LogP contribution in [0, 0.1) is 5.92 Å². The Kier molecular flexibility index (Phi) is 4.83. The van der Waals surface area contributed by atoms with E-state index in [0.29, 0.717) is 18.9 Å². The van der Waals surface area contributed by atoms with Crippen molar-refractivity contribution in [1.29, 1.82) is 0 Å². The SMILES string of the molecule is O=C(CC1CCNCC1)NCCc1nc2ccccc2s1. The number of piperidine rings is 1. The lowest BCUT2D eigenvalue weighted by atomic mass is 9.94. The number of aromatic nitrogens is 1. The van der Waals surface area contributed by atoms with Crippen molar-refractivity contribution in [2.75, 3.05) is 19.6 Å². The van der Waals surface area contributed by atoms with Crippen molar-refractivity contribution in [3.05, 3.63) is 29.3 Å². The monoisotopic (exact) mass is 303 g/mol. The maximum atomic E-state index is 11.9. The number of nitrogens with one attached hydrogen (secondary N) is 2. The van der Waals surface area contributed by atoms with Crippen molar-refractivity contribution in [2.24, 2.45) is 5.92 Å². The molecule has 0 unspecified atom stereocenters. The van der Waals surface area contributed by atoms with E-state index in [9.17, 15) is 4.79 Å². The highest BCUT2D eigenvalue weighted by Crippen LogP contribution is 2.21. The maximum Gasteiger partial charge on any atom is 0.220 e. The molecule has 1 aliphatic heterocycles. The molecule has 0 radical (unpaired) electrons. The number of rotatable bonds is 5. The molecule has 1 aliphatic rings. The zero-order valence-electron chi connectivity index (χ0n) is 12.1. The zero-order valence-corrected chi connectivity index (χ0v) is 12.9. The van der Waals surface area contributed by atoms with Crippen LogP contribution in [0.5, 0.6) is 0 Å². The van der Waals surface area contributed by atoms with E-state index in [4.69, 9.17) is 0 Å². The summed E-state index contributed by atoms with van der Waals surface area (Å²) in [6.07, 6.45) is 3.72. The summed E-state index contributed by atoms with van der Waals surface area (Å²) in [5, 5.41) is 7.45. The van der Waals surface area contributed by atoms with Gasteiger partial charge in [0.25, 0.3) is 0 Å². The summed E-state index contributed by atoms with van der Waals surface area (Å²) in [5.41, 5.74) is 1.05. The van der Waals surface area contributed by atoms with E-state index in [1.165, 1.54) is 4.70 Å². The third kappa shape index (κ3) is 4.02. The number of para-hydroxylation sites is 1. The fraction of sp³-hybridized carbons (Fsp3) is 0.500. The molecule has 2 aromatic rings. The molecule has 1 aromatic heterocycles. The number of amides is 1. The van der Waals surface area contributed by atoms with E-state index in [1.54, 1.807) is 11.3 Å². The van der Waals surface area contributed by atoms with Crippen molar-refractivity contribution in [1.82, 2.24) is 15.6 Å². The molecule has 3 rings (SSSR count). The zero-order chi connectivity index (χ0) is 14.5. The first kappa shape index (κ1) is 14.5. The second-order valence-corrected chi connectivity index (χ2v) is 6.69. The Labute approximate surface area is 129 Å². The molecule has 1 fully saturated rings. The summed E-state index contributed by atoms with van der Waals surface area (Å²) in [5.74, 6) is 0.733. The summed E-state index contributed by atoms with van der Waals surface area (Å²) in [7, 11) is 0. The Morgan fingerprint density at radius 3 is 2.95 bits per heavy atom. The second-order valence-electron chi connectivity index (χ2n) is 5.57. The maximum absolute atomic E-state index is 11.9. The summed E-state index contributed by atoms with van der Waals surface area (Å²) in [4.78, 5) is 16.5. The van der Waals surface area contributed by atoms with Crippen LogP contribution in [-0.2, 0) is 11.2 Å². The molecular weight excluding hydrogens is 282 g/mol. The molecule has 0 bridgehead atoms. The van der Waals surface area contributed by atoms with Crippen molar-refractivity contribution >= 4 is 27.5 Å². The number of hydrogen-bond acceptors (Lipinski definition) is 4. The lowest BCUT2D eigenvalue weighted by molar-refractivity contribution is -0.122. The Balaban J connectivity index is 1.43. The highest BCUT2D eigenvalue weighted by Gasteiger charge is 2.16. The van der Waals surface area contributed by atoms with Crippen molar-refractivity contribution < 1.29 is 4.79 Å². The molecule has 2 heterocycles. The largest absolute Gasteiger partial charge is 0.356 e. The van der Waals surface area contributed by atoms with Gasteiger partial charge in [-0.05, 0) is 44.0 Å². The first-order valence-electron chi connectivity index (χ1n) is 7.63. The van der Waals surface area contributed by atoms with Gasteiger partial charge >= 0.3 is 0 Å². The lowest BCUT2D eigenvalue weighted by Gasteiger charge is -2.21. The Bertz CT molecular complexity index is 571. The number of fused-ring (bicyclic) bond motifs is 1. The van der Waals surface area contributed by atoms with Crippen molar-refractivity contribution in [3.8, 4) is 0 Å². The molecule has 4 nitrogen and oxygen atoms in total. The van der Waals surface area contributed by atoms with Crippen molar-refractivity contribution in [3.63, 3.8) is 0 Å². The van der Waals surface area contributed by atoms with Gasteiger partial charge in [0, 0.05) is 19.4 Å². The van der Waals surface area contributed by atoms with Gasteiger partial charge < -0.3 is 10.6 Å². The van der Waals surface area contributed by atoms with Gasteiger partial charge in [-0.25, -0.2) is 4.98 Å². The summed E-state index contributed by atoms with van der Waals surface area (Å²) in [6.45, 7) is 2.77. The molecule has 0 aliphatic carbocycles. The molecule has 2 N–H and O–H groups in total. The number of nitrogens with zero attached hydrogens (tertiary/aromatic N) is 1. The van der Waals surface area contributed by atoms with Gasteiger partial charge in [0.15, 0.2) is 0 Å². The lowest BCUT2D eigenvalue weighted by Crippen LogP contribution is -2.32. The average molecular weight is 303 g/mol. The Morgan fingerprint density at radius 1 is 1.33 bits per heavy atom. The van der Waals surface area contributed by atoms with Crippen LogP contribution < -0.4 is 10.6 Å². The van der Waals surface area contributed by atoms with Gasteiger partial charge in [0.05, 0.1) is 15.2 Å². The predicted octanol–water partition coefficient (Wildman–Crippen LogP) is 2.34. The molecule has 0 atom stereocenters. The van der Waals surface area contributed by atoms with Crippen LogP contribution >= 0.6 is 11.3 Å². The van der Waals surface area contributed by atoms with Gasteiger partial charge in [-0.2, -0.15) is 0 Å². The minimum absolute atomic E-state index is 0.183. The minimum atomic E-state index is 0.183. The van der Waals surface area contributed by atoms with E-state index >= 15 is 0 Å². The van der Waals surface area contributed by atoms with Crippen LogP contribution in [-0.4, -0.2) is 30.5 Å². The summed E-state index contributed by atoms with van der Waals surface area (Å²) in [6, 6.07) is 8.16. The van der Waals surface area contributed by atoms with Crippen LogP contribution in [0.15, 0.2) is 24.3 Å². The Hall–Kier alpha value is -1.46. The van der Waals surface area contributed by atoms with E-state index in [0.717, 1.165) is 42.9 Å². The third-order valence-corrected chi connectivity index (χ3v) is 5.03. The molecule has 1 aromatic carbocycles. The predicted molar refractivity (Wildman–Crippen MR) is 86.5 cm³/mol. The van der Waals surface area contributed by atoms with Gasteiger partial charge in [-0.15, -0.1) is 11.3 Å². The standard InChI is InChI=1S/C16H21N3OS/c20-15(11-12-5-8-17-9-6-12)18-10-7-16-19-13-3-1-2-4-14(13)21-16/h1-4,12,17H,5-11H2,(H,18,20). The van der Waals surface area contributed by atoms with E-state index in [1.807, 2.05) is 18.2 Å². The van der Waals surface area contributed by atoms with E-state index in [2.05, 4.69) is 21.7 Å². The summed E-state index contributed by atoms with van der Waals surface area (Å²) < 4.78 is 1.22. The molecule has 21 heavy (non-hydrogen) atoms. The van der Waals surface area contributed by atoms with Crippen LogP contribution in [0.3, 0.4) is 0 Å². The van der Waals surface area contributed by atoms with Crippen LogP contribution in [0.1, 0.15) is 24.3 Å². The number of hydrogen-bond donors (Lipinski definition) is 2. The third-order valence-electron chi connectivity index (χ3n) is 3.93. The van der Waals surface area contributed by atoms with E-state index < -0.39 is 0 Å². The molecule has 0 saturated carbocycles. The molecule has 1 saturated heterocycles. The van der Waals surface area contributed by atoms with Crippen molar-refractivity contribution in [2.45, 2.75) is 25.7 Å². The van der Waals surface area contributed by atoms with Gasteiger partial charge in [0.1, 0.15) is 0 Å². The van der Waals surface area contributed by atoms with E-state index in [-0.39, 0.29) is 5.91 Å². The van der Waals surface area contributed by atoms with Gasteiger partial charge in [0.2, 0.25) is 5.91 Å². The number of thiazole rings is 1. The quantitative estimate of drug-likeness (QED) is 0.891. The molecule has 112 valence electrons. The topological polar surface area (TPSA) is 54.0 Å². The number of carbonyl (C=O) groups excluding carboxylic acids is 1. The normalized spacial score (nSPS) is 16.2. The first-order chi connectivity index (χ1) is 10.3. The summed E-state index contributed by atoms with van der Waals surface area (Å²) >= 11 is 1.71. The molecule has 1 amide bonds. The highest BCUT2D eigenvalue weighted by molar-refractivity contribution is 7.18. The molecular formula is C16H21N3OS. The highest BCUT2D eigenvalue weighted by atomic mass is 32.1. The number of carbonyl (C=O) groups is 1. The van der Waals surface area contributed by atoms with Crippen LogP contribution in [0.4, 0.5) is 0 Å². The fourth-order valence-electron chi connectivity index (χ4n) is 2.76. The average Bonchev–Trinajstić information content (AvgIpc) is 2.91. The first-order valence-corrected chi connectivity index (χ1v) is 8.45. The minimum Gasteiger partial charge on any atom is -0.356 e.